The summed E-state index contributed by atoms with van der Waals surface area (Å²) >= 11 is 0. The lowest BCUT2D eigenvalue weighted by molar-refractivity contribution is -0.122. The summed E-state index contributed by atoms with van der Waals surface area (Å²) in [5.41, 5.74) is 2.75. The van der Waals surface area contributed by atoms with E-state index in [4.69, 9.17) is 0 Å². The van der Waals surface area contributed by atoms with Crippen molar-refractivity contribution in [1.29, 1.82) is 0 Å². The molecular weight excluding hydrogens is 324 g/mol. The molecule has 1 aromatic rings. The third-order valence-electron chi connectivity index (χ3n) is 6.08. The second kappa shape index (κ2) is 7.97. The van der Waals surface area contributed by atoms with Gasteiger partial charge in [0.25, 0.3) is 0 Å². The monoisotopic (exact) mass is 356 g/mol. The van der Waals surface area contributed by atoms with E-state index in [9.17, 15) is 4.79 Å². The molecular formula is C21H32N4O. The van der Waals surface area contributed by atoms with Gasteiger partial charge in [0.05, 0.1) is 6.54 Å². The summed E-state index contributed by atoms with van der Waals surface area (Å²) in [6, 6.07) is 9.78. The second-order valence-corrected chi connectivity index (χ2v) is 8.18. The number of hydrogen-bond acceptors (Lipinski definition) is 4. The first kappa shape index (κ1) is 17.8. The van der Waals surface area contributed by atoms with Crippen LogP contribution in [0.1, 0.15) is 31.2 Å². The van der Waals surface area contributed by atoms with Crippen molar-refractivity contribution in [2.45, 2.75) is 44.7 Å². The number of nitrogens with zero attached hydrogens (tertiary/aromatic N) is 3. The number of piperazine rings is 1. The van der Waals surface area contributed by atoms with Crippen LogP contribution in [0, 0.1) is 6.92 Å². The maximum atomic E-state index is 12.1. The molecule has 0 bridgehead atoms. The Morgan fingerprint density at radius 3 is 2.58 bits per heavy atom. The Kier molecular flexibility index (Phi) is 5.46. The predicted molar refractivity (Wildman–Crippen MR) is 106 cm³/mol. The molecule has 5 heteroatoms. The number of carbonyl (C=O) groups is 1. The molecule has 3 fully saturated rings. The van der Waals surface area contributed by atoms with Crippen LogP contribution in [-0.2, 0) is 4.79 Å². The molecule has 0 unspecified atom stereocenters. The number of aryl methyl sites for hydroxylation is 1. The number of benzene rings is 1. The zero-order valence-electron chi connectivity index (χ0n) is 16.0. The van der Waals surface area contributed by atoms with Crippen LogP contribution in [0.2, 0.25) is 0 Å². The molecule has 1 N–H and O–H groups in total. The van der Waals surface area contributed by atoms with Crippen LogP contribution in [-0.4, -0.2) is 73.6 Å². The Morgan fingerprint density at radius 1 is 1.08 bits per heavy atom. The van der Waals surface area contributed by atoms with Gasteiger partial charge < -0.3 is 10.2 Å². The molecule has 1 aliphatic carbocycles. The first-order chi connectivity index (χ1) is 12.7. The van der Waals surface area contributed by atoms with E-state index in [2.05, 4.69) is 51.2 Å². The Bertz CT molecular complexity index is 622. The van der Waals surface area contributed by atoms with Gasteiger partial charge in [-0.2, -0.15) is 0 Å². The number of amides is 1. The van der Waals surface area contributed by atoms with E-state index in [0.717, 1.165) is 39.3 Å². The van der Waals surface area contributed by atoms with Gasteiger partial charge in [0.1, 0.15) is 0 Å². The van der Waals surface area contributed by atoms with Crippen LogP contribution >= 0.6 is 0 Å². The number of nitrogens with one attached hydrogen (secondary N) is 1. The Hall–Kier alpha value is -1.59. The summed E-state index contributed by atoms with van der Waals surface area (Å²) in [4.78, 5) is 19.6. The van der Waals surface area contributed by atoms with Crippen molar-refractivity contribution in [3.63, 3.8) is 0 Å². The van der Waals surface area contributed by atoms with Crippen molar-refractivity contribution in [2.24, 2.45) is 0 Å². The summed E-state index contributed by atoms with van der Waals surface area (Å²) in [7, 11) is 0. The molecule has 0 aromatic heterocycles. The highest BCUT2D eigenvalue weighted by Gasteiger charge is 2.30. The molecule has 5 nitrogen and oxygen atoms in total. The highest BCUT2D eigenvalue weighted by atomic mass is 16.2. The SMILES string of the molecule is Cc1ccccc1N1CCN([C@@H]2CCCN(CC(=O)NC3CC3)C2)CC1. The molecule has 142 valence electrons. The summed E-state index contributed by atoms with van der Waals surface area (Å²) in [5, 5.41) is 3.12. The highest BCUT2D eigenvalue weighted by Crippen LogP contribution is 2.23. The van der Waals surface area contributed by atoms with Gasteiger partial charge in [0.15, 0.2) is 0 Å². The van der Waals surface area contributed by atoms with Gasteiger partial charge in [-0.3, -0.25) is 14.6 Å². The quantitative estimate of drug-likeness (QED) is 0.874. The van der Waals surface area contributed by atoms with Crippen molar-refractivity contribution in [1.82, 2.24) is 15.1 Å². The van der Waals surface area contributed by atoms with Crippen LogP contribution in [0.25, 0.3) is 0 Å². The van der Waals surface area contributed by atoms with E-state index in [1.165, 1.54) is 36.9 Å². The lowest BCUT2D eigenvalue weighted by Crippen LogP contribution is -2.56. The Morgan fingerprint density at radius 2 is 1.85 bits per heavy atom. The van der Waals surface area contributed by atoms with Gasteiger partial charge in [0.2, 0.25) is 5.91 Å². The molecule has 0 spiro atoms. The summed E-state index contributed by atoms with van der Waals surface area (Å²) in [6.45, 7) is 9.35. The van der Waals surface area contributed by atoms with Crippen molar-refractivity contribution < 1.29 is 4.79 Å². The fraction of sp³-hybridized carbons (Fsp3) is 0.667. The predicted octanol–water partition coefficient (Wildman–Crippen LogP) is 1.86. The van der Waals surface area contributed by atoms with Gasteiger partial charge in [-0.15, -0.1) is 0 Å². The standard InChI is InChI=1S/C21H32N4O/c1-17-5-2-3-7-20(17)25-13-11-24(12-14-25)19-6-4-10-23(15-19)16-21(26)22-18-8-9-18/h2-3,5,7,18-19H,4,6,8-16H2,1H3,(H,22,26)/t19-/m1/s1. The Labute approximate surface area is 157 Å². The van der Waals surface area contributed by atoms with Crippen molar-refractivity contribution in [3.8, 4) is 0 Å². The minimum absolute atomic E-state index is 0.220. The number of rotatable bonds is 5. The van der Waals surface area contributed by atoms with E-state index in [1.807, 2.05) is 0 Å². The fourth-order valence-electron chi connectivity index (χ4n) is 4.42. The largest absolute Gasteiger partial charge is 0.369 e. The lowest BCUT2D eigenvalue weighted by Gasteiger charge is -2.44. The third kappa shape index (κ3) is 4.38. The minimum Gasteiger partial charge on any atom is -0.369 e. The number of piperidine rings is 1. The zero-order chi connectivity index (χ0) is 17.9. The zero-order valence-corrected chi connectivity index (χ0v) is 16.0. The van der Waals surface area contributed by atoms with Gasteiger partial charge >= 0.3 is 0 Å². The van der Waals surface area contributed by atoms with E-state index in [1.54, 1.807) is 0 Å². The summed E-state index contributed by atoms with van der Waals surface area (Å²) in [5.74, 6) is 0.220. The maximum Gasteiger partial charge on any atom is 0.234 e. The van der Waals surface area contributed by atoms with Gasteiger partial charge in [-0.1, -0.05) is 18.2 Å². The summed E-state index contributed by atoms with van der Waals surface area (Å²) < 4.78 is 0. The molecule has 2 heterocycles. The molecule has 1 aromatic carbocycles. The highest BCUT2D eigenvalue weighted by molar-refractivity contribution is 5.78. The number of para-hydroxylation sites is 1. The topological polar surface area (TPSA) is 38.8 Å². The minimum atomic E-state index is 0.220. The number of hydrogen-bond donors (Lipinski definition) is 1. The molecule has 4 rings (SSSR count). The van der Waals surface area contributed by atoms with E-state index >= 15 is 0 Å². The first-order valence-corrected chi connectivity index (χ1v) is 10.3. The molecule has 26 heavy (non-hydrogen) atoms. The number of anilines is 1. The smallest absolute Gasteiger partial charge is 0.234 e. The van der Waals surface area contributed by atoms with Gasteiger partial charge in [-0.25, -0.2) is 0 Å². The van der Waals surface area contributed by atoms with E-state index < -0.39 is 0 Å². The van der Waals surface area contributed by atoms with Crippen LogP contribution in [0.15, 0.2) is 24.3 Å². The number of carbonyl (C=O) groups excluding carboxylic acids is 1. The third-order valence-corrected chi connectivity index (χ3v) is 6.08. The summed E-state index contributed by atoms with van der Waals surface area (Å²) in [6.07, 6.45) is 4.81. The molecule has 2 aliphatic heterocycles. The normalized spacial score (nSPS) is 25.3. The average Bonchev–Trinajstić information content (AvgIpc) is 3.46. The lowest BCUT2D eigenvalue weighted by atomic mass is 10.0. The molecule has 2 saturated heterocycles. The van der Waals surface area contributed by atoms with Crippen molar-refractivity contribution in [3.05, 3.63) is 29.8 Å². The molecule has 1 atom stereocenters. The van der Waals surface area contributed by atoms with Crippen molar-refractivity contribution in [2.75, 3.05) is 50.7 Å². The molecule has 1 amide bonds. The molecule has 0 radical (unpaired) electrons. The molecule has 1 saturated carbocycles. The van der Waals surface area contributed by atoms with Gasteiger partial charge in [-0.05, 0) is 50.8 Å². The van der Waals surface area contributed by atoms with Crippen LogP contribution in [0.3, 0.4) is 0 Å². The van der Waals surface area contributed by atoms with E-state index in [0.29, 0.717) is 18.6 Å². The number of likely N-dealkylation sites (tertiary alicyclic amines) is 1. The first-order valence-electron chi connectivity index (χ1n) is 10.3. The van der Waals surface area contributed by atoms with Crippen LogP contribution < -0.4 is 10.2 Å². The van der Waals surface area contributed by atoms with Gasteiger partial charge in [0, 0.05) is 50.5 Å². The second-order valence-electron chi connectivity index (χ2n) is 8.18. The molecule has 3 aliphatic rings. The maximum absolute atomic E-state index is 12.1. The average molecular weight is 357 g/mol. The van der Waals surface area contributed by atoms with Crippen LogP contribution in [0.4, 0.5) is 5.69 Å². The van der Waals surface area contributed by atoms with E-state index in [-0.39, 0.29) is 5.91 Å². The van der Waals surface area contributed by atoms with Crippen LogP contribution in [0.5, 0.6) is 0 Å². The fourth-order valence-corrected chi connectivity index (χ4v) is 4.42. The van der Waals surface area contributed by atoms with Crippen molar-refractivity contribution >= 4 is 11.6 Å². The Balaban J connectivity index is 1.27.